The van der Waals surface area contributed by atoms with Crippen LogP contribution < -0.4 is 5.73 Å². The zero-order chi connectivity index (χ0) is 12.4. The highest BCUT2D eigenvalue weighted by Gasteiger charge is 2.30. The number of benzene rings is 1. The molecule has 17 heavy (non-hydrogen) atoms. The van der Waals surface area contributed by atoms with Crippen molar-refractivity contribution in [2.75, 3.05) is 6.61 Å². The van der Waals surface area contributed by atoms with Gasteiger partial charge >= 0.3 is 0 Å². The lowest BCUT2D eigenvalue weighted by Crippen LogP contribution is -2.36. The number of nitrogens with two attached hydrogens (primary N) is 1. The fourth-order valence-corrected chi connectivity index (χ4v) is 2.82. The number of hydrogen-bond donors (Lipinski definition) is 1. The quantitative estimate of drug-likeness (QED) is 0.932. The van der Waals surface area contributed by atoms with Gasteiger partial charge in [-0.1, -0.05) is 15.9 Å². The minimum atomic E-state index is -0.185. The summed E-state index contributed by atoms with van der Waals surface area (Å²) in [6.07, 6.45) is 1.71. The third kappa shape index (κ3) is 3.06. The molecule has 0 aromatic heterocycles. The van der Waals surface area contributed by atoms with E-state index < -0.39 is 0 Å². The fourth-order valence-electron chi connectivity index (χ4n) is 2.42. The summed E-state index contributed by atoms with van der Waals surface area (Å²) in [4.78, 5) is 0. The number of hydrogen-bond acceptors (Lipinski definition) is 2. The van der Waals surface area contributed by atoms with Crippen molar-refractivity contribution in [3.8, 4) is 0 Å². The van der Waals surface area contributed by atoms with E-state index in [-0.39, 0.29) is 18.0 Å². The summed E-state index contributed by atoms with van der Waals surface area (Å²) in [6.45, 7) is 2.80. The molecule has 1 fully saturated rings. The number of rotatable bonds is 3. The highest BCUT2D eigenvalue weighted by molar-refractivity contribution is 9.10. The summed E-state index contributed by atoms with van der Waals surface area (Å²) in [5.41, 5.74) is 6.83. The molecule has 1 heterocycles. The van der Waals surface area contributed by atoms with E-state index in [1.807, 2.05) is 6.92 Å². The lowest BCUT2D eigenvalue weighted by Gasteiger charge is -2.22. The zero-order valence-corrected chi connectivity index (χ0v) is 11.4. The second-order valence-corrected chi connectivity index (χ2v) is 5.55. The first kappa shape index (κ1) is 13.0. The topological polar surface area (TPSA) is 35.2 Å². The van der Waals surface area contributed by atoms with Gasteiger partial charge in [-0.25, -0.2) is 4.39 Å². The van der Waals surface area contributed by atoms with Crippen LogP contribution in [0.5, 0.6) is 0 Å². The van der Waals surface area contributed by atoms with Crippen LogP contribution in [0.1, 0.15) is 18.9 Å². The molecule has 1 aromatic rings. The third-order valence-corrected chi connectivity index (χ3v) is 3.94. The minimum Gasteiger partial charge on any atom is -0.378 e. The van der Waals surface area contributed by atoms with Gasteiger partial charge in [-0.2, -0.15) is 0 Å². The summed E-state index contributed by atoms with van der Waals surface area (Å²) in [7, 11) is 0. The molecule has 0 radical (unpaired) electrons. The van der Waals surface area contributed by atoms with Gasteiger partial charge in [-0.05, 0) is 43.5 Å². The molecule has 1 aliphatic rings. The van der Waals surface area contributed by atoms with E-state index in [1.165, 1.54) is 6.07 Å². The highest BCUT2D eigenvalue weighted by Crippen LogP contribution is 2.26. The van der Waals surface area contributed by atoms with Crippen molar-refractivity contribution in [2.45, 2.75) is 31.9 Å². The Balaban J connectivity index is 2.07. The first-order chi connectivity index (χ1) is 8.08. The zero-order valence-electron chi connectivity index (χ0n) is 9.83. The standard InChI is InChI=1S/C13H17BrFNO/c1-8-11(4-5-17-8)13(16)7-9-6-10(14)2-3-12(9)15/h2-3,6,8,11,13H,4-5,7,16H2,1H3. The Labute approximate surface area is 109 Å². The summed E-state index contributed by atoms with van der Waals surface area (Å²) >= 11 is 3.35. The molecule has 1 aromatic carbocycles. The van der Waals surface area contributed by atoms with Crippen molar-refractivity contribution < 1.29 is 9.13 Å². The monoisotopic (exact) mass is 301 g/mol. The first-order valence-corrected chi connectivity index (χ1v) is 6.68. The van der Waals surface area contributed by atoms with Gasteiger partial charge in [0.2, 0.25) is 0 Å². The van der Waals surface area contributed by atoms with E-state index in [0.717, 1.165) is 17.5 Å². The molecule has 0 aliphatic carbocycles. The van der Waals surface area contributed by atoms with Crippen LogP contribution in [-0.4, -0.2) is 18.8 Å². The predicted molar refractivity (Wildman–Crippen MR) is 69.3 cm³/mol. The second kappa shape index (κ2) is 5.46. The summed E-state index contributed by atoms with van der Waals surface area (Å²) in [5.74, 6) is 0.142. The Morgan fingerprint density at radius 2 is 2.35 bits per heavy atom. The van der Waals surface area contributed by atoms with Crippen LogP contribution >= 0.6 is 15.9 Å². The molecule has 0 saturated carbocycles. The van der Waals surface area contributed by atoms with Gasteiger partial charge in [0.05, 0.1) is 6.10 Å². The number of ether oxygens (including phenoxy) is 1. The van der Waals surface area contributed by atoms with Crippen LogP contribution in [0.25, 0.3) is 0 Å². The van der Waals surface area contributed by atoms with Gasteiger partial charge in [-0.15, -0.1) is 0 Å². The Hall–Kier alpha value is -0.450. The molecule has 4 heteroatoms. The van der Waals surface area contributed by atoms with E-state index in [9.17, 15) is 4.39 Å². The van der Waals surface area contributed by atoms with Crippen LogP contribution in [0.4, 0.5) is 4.39 Å². The smallest absolute Gasteiger partial charge is 0.126 e. The molecule has 3 unspecified atom stereocenters. The molecule has 2 rings (SSSR count). The van der Waals surface area contributed by atoms with Crippen LogP contribution in [0.15, 0.2) is 22.7 Å². The molecule has 2 nitrogen and oxygen atoms in total. The maximum absolute atomic E-state index is 13.6. The largest absolute Gasteiger partial charge is 0.378 e. The average molecular weight is 302 g/mol. The lowest BCUT2D eigenvalue weighted by atomic mass is 9.89. The maximum Gasteiger partial charge on any atom is 0.126 e. The van der Waals surface area contributed by atoms with Gasteiger partial charge < -0.3 is 10.5 Å². The van der Waals surface area contributed by atoms with Crippen molar-refractivity contribution in [1.29, 1.82) is 0 Å². The van der Waals surface area contributed by atoms with Crippen LogP contribution in [0, 0.1) is 11.7 Å². The first-order valence-electron chi connectivity index (χ1n) is 5.89. The summed E-state index contributed by atoms with van der Waals surface area (Å²) < 4.78 is 20.0. The molecular weight excluding hydrogens is 285 g/mol. The van der Waals surface area contributed by atoms with E-state index in [4.69, 9.17) is 10.5 Å². The van der Waals surface area contributed by atoms with Crippen molar-refractivity contribution in [3.63, 3.8) is 0 Å². The van der Waals surface area contributed by atoms with E-state index in [2.05, 4.69) is 15.9 Å². The highest BCUT2D eigenvalue weighted by atomic mass is 79.9. The van der Waals surface area contributed by atoms with Crippen molar-refractivity contribution >= 4 is 15.9 Å². The maximum atomic E-state index is 13.6. The van der Waals surface area contributed by atoms with E-state index >= 15 is 0 Å². The van der Waals surface area contributed by atoms with Gasteiger partial charge in [0.15, 0.2) is 0 Å². The average Bonchev–Trinajstić information content (AvgIpc) is 2.70. The SMILES string of the molecule is CC1OCCC1C(N)Cc1cc(Br)ccc1F. The molecule has 3 atom stereocenters. The Morgan fingerprint density at radius 3 is 3.00 bits per heavy atom. The van der Waals surface area contributed by atoms with Crippen molar-refractivity contribution in [1.82, 2.24) is 0 Å². The molecule has 1 saturated heterocycles. The second-order valence-electron chi connectivity index (χ2n) is 4.63. The van der Waals surface area contributed by atoms with E-state index in [1.54, 1.807) is 12.1 Å². The summed E-state index contributed by atoms with van der Waals surface area (Å²) in [5, 5.41) is 0. The normalized spacial score (nSPS) is 26.1. The van der Waals surface area contributed by atoms with Crippen LogP contribution in [-0.2, 0) is 11.2 Å². The number of halogens is 2. The van der Waals surface area contributed by atoms with Crippen molar-refractivity contribution in [3.05, 3.63) is 34.1 Å². The Kier molecular flexibility index (Phi) is 4.17. The van der Waals surface area contributed by atoms with Crippen molar-refractivity contribution in [2.24, 2.45) is 11.7 Å². The molecule has 0 amide bonds. The molecule has 2 N–H and O–H groups in total. The Bertz CT molecular complexity index is 399. The van der Waals surface area contributed by atoms with Gasteiger partial charge in [0.1, 0.15) is 5.82 Å². The molecule has 0 bridgehead atoms. The molecule has 1 aliphatic heterocycles. The van der Waals surface area contributed by atoms with Gasteiger partial charge in [0, 0.05) is 23.0 Å². The van der Waals surface area contributed by atoms with Crippen LogP contribution in [0.2, 0.25) is 0 Å². The van der Waals surface area contributed by atoms with Gasteiger partial charge in [0.25, 0.3) is 0 Å². The lowest BCUT2D eigenvalue weighted by molar-refractivity contribution is 0.0994. The molecular formula is C13H17BrFNO. The Morgan fingerprint density at radius 1 is 1.59 bits per heavy atom. The van der Waals surface area contributed by atoms with Crippen LogP contribution in [0.3, 0.4) is 0 Å². The molecule has 0 spiro atoms. The third-order valence-electron chi connectivity index (χ3n) is 3.45. The van der Waals surface area contributed by atoms with E-state index in [0.29, 0.717) is 17.9 Å². The van der Waals surface area contributed by atoms with Gasteiger partial charge in [-0.3, -0.25) is 0 Å². The molecule has 94 valence electrons. The summed E-state index contributed by atoms with van der Waals surface area (Å²) in [6, 6.07) is 4.93. The fraction of sp³-hybridized carbons (Fsp3) is 0.538. The minimum absolute atomic E-state index is 0.0451. The predicted octanol–water partition coefficient (Wildman–Crippen LogP) is 2.88.